The summed E-state index contributed by atoms with van der Waals surface area (Å²) in [5.41, 5.74) is 0.565. The highest BCUT2D eigenvalue weighted by Crippen LogP contribution is 2.33. The molecule has 20 heavy (non-hydrogen) atoms. The van der Waals surface area contributed by atoms with Gasteiger partial charge in [0.25, 0.3) is 0 Å². The maximum atomic E-state index is 11.0. The van der Waals surface area contributed by atoms with Gasteiger partial charge in [0, 0.05) is 12.6 Å². The van der Waals surface area contributed by atoms with E-state index in [1.54, 1.807) is 25.3 Å². The smallest absolute Gasteiger partial charge is 0.311 e. The summed E-state index contributed by atoms with van der Waals surface area (Å²) in [5, 5.41) is 14.0. The molecule has 0 bridgehead atoms. The second-order valence-electron chi connectivity index (χ2n) is 4.06. The van der Waals surface area contributed by atoms with Crippen molar-refractivity contribution in [1.82, 2.24) is 9.97 Å². The zero-order chi connectivity index (χ0) is 14.5. The first-order valence-corrected chi connectivity index (χ1v) is 6.09. The van der Waals surface area contributed by atoms with E-state index >= 15 is 0 Å². The number of hydrogen-bond acceptors (Lipinski definition) is 6. The number of nitro benzene ring substituents is 1. The molecule has 0 aliphatic rings. The predicted molar refractivity (Wildman–Crippen MR) is 74.1 cm³/mol. The van der Waals surface area contributed by atoms with Crippen LogP contribution in [0.3, 0.4) is 0 Å². The molecule has 0 amide bonds. The van der Waals surface area contributed by atoms with Crippen LogP contribution in [0.4, 0.5) is 11.5 Å². The lowest BCUT2D eigenvalue weighted by atomic mass is 10.2. The third kappa shape index (κ3) is 3.00. The van der Waals surface area contributed by atoms with Crippen molar-refractivity contribution in [1.29, 1.82) is 0 Å². The molecule has 0 aliphatic carbocycles. The summed E-state index contributed by atoms with van der Waals surface area (Å²) < 4.78 is 5.53. The van der Waals surface area contributed by atoms with E-state index in [1.807, 2.05) is 6.92 Å². The molecule has 104 valence electrons. The lowest BCUT2D eigenvalue weighted by Gasteiger charge is -2.09. The molecular formula is C13H14N4O3. The molecule has 7 nitrogen and oxygen atoms in total. The summed E-state index contributed by atoms with van der Waals surface area (Å²) in [6.07, 6.45) is 2.97. The van der Waals surface area contributed by atoms with Crippen molar-refractivity contribution in [3.05, 3.63) is 46.3 Å². The van der Waals surface area contributed by atoms with Gasteiger partial charge in [0.2, 0.25) is 11.6 Å². The molecule has 0 saturated heterocycles. The monoisotopic (exact) mass is 274 g/mol. The van der Waals surface area contributed by atoms with Crippen molar-refractivity contribution in [2.45, 2.75) is 13.8 Å². The lowest BCUT2D eigenvalue weighted by Crippen LogP contribution is -2.02. The van der Waals surface area contributed by atoms with Crippen molar-refractivity contribution in [2.75, 3.05) is 11.9 Å². The van der Waals surface area contributed by atoms with E-state index in [9.17, 15) is 10.1 Å². The predicted octanol–water partition coefficient (Wildman–Crippen LogP) is 2.92. The maximum absolute atomic E-state index is 11.0. The molecule has 2 rings (SSSR count). The third-order valence-electron chi connectivity index (χ3n) is 2.56. The van der Waals surface area contributed by atoms with Crippen LogP contribution in [0.1, 0.15) is 12.5 Å². The Labute approximate surface area is 115 Å². The number of anilines is 1. The van der Waals surface area contributed by atoms with Crippen LogP contribution in [0.15, 0.2) is 30.6 Å². The van der Waals surface area contributed by atoms with E-state index in [-0.39, 0.29) is 17.3 Å². The van der Waals surface area contributed by atoms with Gasteiger partial charge in [0.05, 0.1) is 17.3 Å². The fourth-order valence-corrected chi connectivity index (χ4v) is 1.68. The number of para-hydroxylation sites is 1. The average Bonchev–Trinajstić information content (AvgIpc) is 2.41. The summed E-state index contributed by atoms with van der Waals surface area (Å²) in [4.78, 5) is 18.7. The molecule has 0 fully saturated rings. The highest BCUT2D eigenvalue weighted by Gasteiger charge is 2.18. The number of hydrogen-bond donors (Lipinski definition) is 1. The second-order valence-corrected chi connectivity index (χ2v) is 4.06. The Bertz CT molecular complexity index is 631. The van der Waals surface area contributed by atoms with Gasteiger partial charge >= 0.3 is 5.69 Å². The van der Waals surface area contributed by atoms with Crippen molar-refractivity contribution < 1.29 is 9.66 Å². The zero-order valence-electron chi connectivity index (χ0n) is 11.2. The largest absolute Gasteiger partial charge is 0.430 e. The summed E-state index contributed by atoms with van der Waals surface area (Å²) in [6.45, 7) is 4.37. The first-order valence-electron chi connectivity index (χ1n) is 6.09. The fraction of sp³-hybridized carbons (Fsp3) is 0.231. The SMILES string of the molecule is CCNc1cncc(Oc2c(C)cccc2[N+](=O)[O-])n1. The van der Waals surface area contributed by atoms with Crippen molar-refractivity contribution in [2.24, 2.45) is 0 Å². The zero-order valence-corrected chi connectivity index (χ0v) is 11.2. The number of nitrogens with one attached hydrogen (secondary N) is 1. The Morgan fingerprint density at radius 1 is 1.40 bits per heavy atom. The van der Waals surface area contributed by atoms with Crippen LogP contribution in [-0.4, -0.2) is 21.4 Å². The highest BCUT2D eigenvalue weighted by atomic mass is 16.6. The molecular weight excluding hydrogens is 260 g/mol. The van der Waals surface area contributed by atoms with Crippen LogP contribution in [0.25, 0.3) is 0 Å². The Balaban J connectivity index is 2.34. The van der Waals surface area contributed by atoms with Crippen LogP contribution in [0.5, 0.6) is 11.6 Å². The van der Waals surface area contributed by atoms with E-state index in [2.05, 4.69) is 15.3 Å². The van der Waals surface area contributed by atoms with Crippen LogP contribution in [0, 0.1) is 17.0 Å². The molecule has 0 atom stereocenters. The van der Waals surface area contributed by atoms with Gasteiger partial charge in [-0.15, -0.1) is 0 Å². The number of aryl methyl sites for hydroxylation is 1. The van der Waals surface area contributed by atoms with Crippen LogP contribution in [-0.2, 0) is 0 Å². The minimum atomic E-state index is -0.482. The Morgan fingerprint density at radius 3 is 2.90 bits per heavy atom. The number of benzene rings is 1. The average molecular weight is 274 g/mol. The molecule has 0 saturated carbocycles. The molecule has 2 aromatic rings. The minimum Gasteiger partial charge on any atom is -0.430 e. The van der Waals surface area contributed by atoms with Gasteiger partial charge in [-0.3, -0.25) is 15.1 Å². The Morgan fingerprint density at radius 2 is 2.20 bits per heavy atom. The second kappa shape index (κ2) is 5.96. The number of nitrogens with zero attached hydrogens (tertiary/aromatic N) is 3. The van der Waals surface area contributed by atoms with E-state index < -0.39 is 4.92 Å². The van der Waals surface area contributed by atoms with Gasteiger partial charge in [-0.25, -0.2) is 0 Å². The molecule has 1 aromatic carbocycles. The van der Waals surface area contributed by atoms with Crippen molar-refractivity contribution in [3.63, 3.8) is 0 Å². The van der Waals surface area contributed by atoms with E-state index in [0.29, 0.717) is 17.9 Å². The van der Waals surface area contributed by atoms with Crippen molar-refractivity contribution >= 4 is 11.5 Å². The third-order valence-corrected chi connectivity index (χ3v) is 2.56. The molecule has 1 heterocycles. The fourth-order valence-electron chi connectivity index (χ4n) is 1.68. The molecule has 0 spiro atoms. The standard InChI is InChI=1S/C13H14N4O3/c1-3-15-11-7-14-8-12(16-11)20-13-9(2)5-4-6-10(13)17(18)19/h4-8H,3H2,1-2H3,(H,15,16). The molecule has 0 radical (unpaired) electrons. The Kier molecular flexibility index (Phi) is 4.09. The van der Waals surface area contributed by atoms with Gasteiger partial charge in [0.1, 0.15) is 5.82 Å². The van der Waals surface area contributed by atoms with Crippen LogP contribution >= 0.6 is 0 Å². The summed E-state index contributed by atoms with van der Waals surface area (Å²) in [5.74, 6) is 0.947. The number of aromatic nitrogens is 2. The quantitative estimate of drug-likeness (QED) is 0.666. The van der Waals surface area contributed by atoms with E-state index in [4.69, 9.17) is 4.74 Å². The molecule has 0 unspecified atom stereocenters. The van der Waals surface area contributed by atoms with Crippen molar-refractivity contribution in [3.8, 4) is 11.6 Å². The normalized spacial score (nSPS) is 10.1. The molecule has 7 heteroatoms. The lowest BCUT2D eigenvalue weighted by molar-refractivity contribution is -0.385. The molecule has 1 N–H and O–H groups in total. The van der Waals surface area contributed by atoms with Gasteiger partial charge in [-0.1, -0.05) is 12.1 Å². The summed E-state index contributed by atoms with van der Waals surface area (Å²) >= 11 is 0. The summed E-state index contributed by atoms with van der Waals surface area (Å²) in [7, 11) is 0. The number of rotatable bonds is 5. The van der Waals surface area contributed by atoms with E-state index in [0.717, 1.165) is 0 Å². The van der Waals surface area contributed by atoms with Gasteiger partial charge in [-0.2, -0.15) is 4.98 Å². The first kappa shape index (κ1) is 13.7. The van der Waals surface area contributed by atoms with Gasteiger partial charge < -0.3 is 10.1 Å². The highest BCUT2D eigenvalue weighted by molar-refractivity contribution is 5.52. The first-order chi connectivity index (χ1) is 9.61. The number of ether oxygens (including phenoxy) is 1. The maximum Gasteiger partial charge on any atom is 0.311 e. The summed E-state index contributed by atoms with van der Waals surface area (Å²) in [6, 6.07) is 4.74. The van der Waals surface area contributed by atoms with Crippen LogP contribution in [0.2, 0.25) is 0 Å². The van der Waals surface area contributed by atoms with E-state index in [1.165, 1.54) is 12.3 Å². The molecule has 0 aliphatic heterocycles. The van der Waals surface area contributed by atoms with Gasteiger partial charge in [0.15, 0.2) is 0 Å². The van der Waals surface area contributed by atoms with Gasteiger partial charge in [-0.05, 0) is 19.4 Å². The molecule has 1 aromatic heterocycles. The number of nitro groups is 1. The van der Waals surface area contributed by atoms with Crippen LogP contribution < -0.4 is 10.1 Å². The topological polar surface area (TPSA) is 90.2 Å². The Hall–Kier alpha value is -2.70. The minimum absolute atomic E-state index is 0.0966.